The molecule has 1 N–H and O–H groups in total. The van der Waals surface area contributed by atoms with Crippen molar-refractivity contribution in [2.24, 2.45) is 0 Å². The Labute approximate surface area is 95.5 Å². The molecule has 4 nitrogen and oxygen atoms in total. The summed E-state index contributed by atoms with van der Waals surface area (Å²) in [6.45, 7) is 0.282. The first-order valence-corrected chi connectivity index (χ1v) is 5.15. The van der Waals surface area contributed by atoms with E-state index in [0.29, 0.717) is 24.3 Å². The second-order valence-electron chi connectivity index (χ2n) is 3.75. The van der Waals surface area contributed by atoms with Crippen molar-refractivity contribution in [1.82, 2.24) is 4.90 Å². The van der Waals surface area contributed by atoms with E-state index in [4.69, 9.17) is 9.84 Å². The van der Waals surface area contributed by atoms with E-state index < -0.39 is 6.79 Å². The lowest BCUT2D eigenvalue weighted by Gasteiger charge is -2.11. The molecule has 0 atom stereocenters. The summed E-state index contributed by atoms with van der Waals surface area (Å²) in [5, 5.41) is 8.70. The van der Waals surface area contributed by atoms with Crippen LogP contribution in [0.15, 0.2) is 24.3 Å². The van der Waals surface area contributed by atoms with Gasteiger partial charge in [-0.1, -0.05) is 12.1 Å². The number of carbonyl (C=O) groups is 1. The van der Waals surface area contributed by atoms with Crippen molar-refractivity contribution in [3.8, 4) is 5.75 Å². The van der Waals surface area contributed by atoms with E-state index in [1.807, 2.05) is 19.0 Å². The van der Waals surface area contributed by atoms with Gasteiger partial charge < -0.3 is 14.7 Å². The Morgan fingerprint density at radius 3 is 2.69 bits per heavy atom. The summed E-state index contributed by atoms with van der Waals surface area (Å²) in [6, 6.07) is 6.95. The highest BCUT2D eigenvalue weighted by atomic mass is 16.6. The molecule has 0 heterocycles. The Balaban J connectivity index is 2.73. The molecule has 0 aliphatic heterocycles. The molecule has 0 fully saturated rings. The fourth-order valence-electron chi connectivity index (χ4n) is 1.35. The number of carbonyl (C=O) groups excluding carboxylic acids is 1. The number of ether oxygens (including phenoxy) is 1. The molecule has 0 radical (unpaired) electrons. The lowest BCUT2D eigenvalue weighted by molar-refractivity contribution is 0.0906. The summed E-state index contributed by atoms with van der Waals surface area (Å²) in [5.41, 5.74) is 0.526. The zero-order chi connectivity index (χ0) is 12.0. The van der Waals surface area contributed by atoms with Gasteiger partial charge in [0.15, 0.2) is 12.6 Å². The van der Waals surface area contributed by atoms with E-state index in [0.717, 1.165) is 0 Å². The minimum Gasteiger partial charge on any atom is -0.467 e. The van der Waals surface area contributed by atoms with Crippen molar-refractivity contribution in [2.75, 3.05) is 27.4 Å². The first-order valence-electron chi connectivity index (χ1n) is 5.15. The Morgan fingerprint density at radius 1 is 1.38 bits per heavy atom. The fourth-order valence-corrected chi connectivity index (χ4v) is 1.35. The maximum atomic E-state index is 11.9. The quantitative estimate of drug-likeness (QED) is 0.580. The third kappa shape index (κ3) is 3.64. The highest BCUT2D eigenvalue weighted by Gasteiger charge is 2.11. The van der Waals surface area contributed by atoms with Gasteiger partial charge in [0.2, 0.25) is 0 Å². The molecule has 0 amide bonds. The number of Topliss-reactive ketones (excluding diaryl/α,β-unsaturated/α-hetero) is 1. The number of ketones is 1. The molecule has 0 unspecified atom stereocenters. The van der Waals surface area contributed by atoms with Gasteiger partial charge in [-0.25, -0.2) is 0 Å². The van der Waals surface area contributed by atoms with Gasteiger partial charge in [-0.3, -0.25) is 4.79 Å². The van der Waals surface area contributed by atoms with Gasteiger partial charge in [0, 0.05) is 13.0 Å². The van der Waals surface area contributed by atoms with Gasteiger partial charge in [0.05, 0.1) is 5.56 Å². The fraction of sp³-hybridized carbons (Fsp3) is 0.417. The maximum absolute atomic E-state index is 11.9. The van der Waals surface area contributed by atoms with E-state index in [9.17, 15) is 4.79 Å². The summed E-state index contributed by atoms with van der Waals surface area (Å²) in [6.07, 6.45) is 0.443. The summed E-state index contributed by atoms with van der Waals surface area (Å²) in [5.74, 6) is 0.464. The van der Waals surface area contributed by atoms with Crippen LogP contribution in [0.4, 0.5) is 0 Å². The largest absolute Gasteiger partial charge is 0.467 e. The minimum absolute atomic E-state index is 0.0257. The number of aliphatic hydroxyl groups excluding tert-OH is 1. The molecule has 16 heavy (non-hydrogen) atoms. The van der Waals surface area contributed by atoms with E-state index in [-0.39, 0.29) is 5.78 Å². The zero-order valence-electron chi connectivity index (χ0n) is 9.64. The van der Waals surface area contributed by atoms with Crippen molar-refractivity contribution < 1.29 is 14.6 Å². The minimum atomic E-state index is -0.419. The van der Waals surface area contributed by atoms with Crippen LogP contribution in [0.2, 0.25) is 0 Å². The Morgan fingerprint density at radius 2 is 2.06 bits per heavy atom. The van der Waals surface area contributed by atoms with E-state index in [1.54, 1.807) is 24.3 Å². The number of benzene rings is 1. The molecule has 0 saturated heterocycles. The maximum Gasteiger partial charge on any atom is 0.186 e. The normalized spacial score (nSPS) is 10.5. The van der Waals surface area contributed by atoms with Gasteiger partial charge in [-0.05, 0) is 26.2 Å². The first-order chi connectivity index (χ1) is 7.65. The van der Waals surface area contributed by atoms with Crippen molar-refractivity contribution >= 4 is 5.78 Å². The summed E-state index contributed by atoms with van der Waals surface area (Å²) in [7, 11) is 3.84. The van der Waals surface area contributed by atoms with Crippen LogP contribution in [0.5, 0.6) is 5.75 Å². The van der Waals surface area contributed by atoms with E-state index >= 15 is 0 Å². The molecule has 0 aliphatic carbocycles. The van der Waals surface area contributed by atoms with Crippen LogP contribution < -0.4 is 4.74 Å². The molecule has 0 aromatic heterocycles. The second kappa shape index (κ2) is 6.25. The van der Waals surface area contributed by atoms with Crippen LogP contribution >= 0.6 is 0 Å². The molecule has 0 spiro atoms. The van der Waals surface area contributed by atoms with Crippen molar-refractivity contribution in [2.45, 2.75) is 6.42 Å². The molecule has 0 saturated carbocycles. The molecule has 1 rings (SSSR count). The SMILES string of the molecule is CN(C)CCC(=O)c1ccccc1OCO. The van der Waals surface area contributed by atoms with Crippen LogP contribution in [0.1, 0.15) is 16.8 Å². The number of nitrogens with zero attached hydrogens (tertiary/aromatic N) is 1. The standard InChI is InChI=1S/C12H17NO3/c1-13(2)8-7-11(15)10-5-3-4-6-12(10)16-9-14/h3-6,14H,7-9H2,1-2H3. The molecular weight excluding hydrogens is 206 g/mol. The number of hydrogen-bond donors (Lipinski definition) is 1. The lowest BCUT2D eigenvalue weighted by atomic mass is 10.1. The third-order valence-electron chi connectivity index (χ3n) is 2.19. The van der Waals surface area contributed by atoms with Crippen molar-refractivity contribution in [1.29, 1.82) is 0 Å². The number of hydrogen-bond acceptors (Lipinski definition) is 4. The molecule has 1 aromatic carbocycles. The molecule has 1 aromatic rings. The predicted octanol–water partition coefficient (Wildman–Crippen LogP) is 1.15. The Hall–Kier alpha value is -1.39. The summed E-state index contributed by atoms with van der Waals surface area (Å²) in [4.78, 5) is 13.8. The zero-order valence-corrected chi connectivity index (χ0v) is 9.64. The summed E-state index contributed by atoms with van der Waals surface area (Å²) >= 11 is 0. The van der Waals surface area contributed by atoms with Crippen LogP contribution in [-0.4, -0.2) is 43.2 Å². The lowest BCUT2D eigenvalue weighted by Crippen LogP contribution is -2.17. The van der Waals surface area contributed by atoms with Crippen molar-refractivity contribution in [3.05, 3.63) is 29.8 Å². The van der Waals surface area contributed by atoms with Gasteiger partial charge in [-0.15, -0.1) is 0 Å². The van der Waals surface area contributed by atoms with Crippen LogP contribution in [0.25, 0.3) is 0 Å². The van der Waals surface area contributed by atoms with Gasteiger partial charge in [0.1, 0.15) is 5.75 Å². The second-order valence-corrected chi connectivity index (χ2v) is 3.75. The third-order valence-corrected chi connectivity index (χ3v) is 2.19. The van der Waals surface area contributed by atoms with Gasteiger partial charge in [0.25, 0.3) is 0 Å². The van der Waals surface area contributed by atoms with Crippen LogP contribution in [0, 0.1) is 0 Å². The Kier molecular flexibility index (Phi) is 4.95. The monoisotopic (exact) mass is 223 g/mol. The van der Waals surface area contributed by atoms with E-state index in [2.05, 4.69) is 0 Å². The van der Waals surface area contributed by atoms with Gasteiger partial charge >= 0.3 is 0 Å². The van der Waals surface area contributed by atoms with Crippen molar-refractivity contribution in [3.63, 3.8) is 0 Å². The van der Waals surface area contributed by atoms with E-state index in [1.165, 1.54) is 0 Å². The predicted molar refractivity (Wildman–Crippen MR) is 61.7 cm³/mol. The van der Waals surface area contributed by atoms with Gasteiger partial charge in [-0.2, -0.15) is 0 Å². The highest BCUT2D eigenvalue weighted by molar-refractivity contribution is 5.98. The molecule has 4 heteroatoms. The molecule has 88 valence electrons. The van der Waals surface area contributed by atoms with Crippen LogP contribution in [0.3, 0.4) is 0 Å². The first kappa shape index (κ1) is 12.7. The average molecular weight is 223 g/mol. The number of para-hydroxylation sites is 1. The molecule has 0 bridgehead atoms. The Bertz CT molecular complexity index is 350. The molecular formula is C12H17NO3. The number of aliphatic hydroxyl groups is 1. The smallest absolute Gasteiger partial charge is 0.186 e. The topological polar surface area (TPSA) is 49.8 Å². The van der Waals surface area contributed by atoms with Crippen LogP contribution in [-0.2, 0) is 0 Å². The molecule has 0 aliphatic rings. The number of rotatable bonds is 6. The average Bonchev–Trinajstić information content (AvgIpc) is 2.27. The highest BCUT2D eigenvalue weighted by Crippen LogP contribution is 2.19. The summed E-state index contributed by atoms with van der Waals surface area (Å²) < 4.78 is 4.99.